The van der Waals surface area contributed by atoms with E-state index in [1.165, 1.54) is 54.6 Å². The van der Waals surface area contributed by atoms with Crippen LogP contribution in [0.1, 0.15) is 0 Å². The summed E-state index contributed by atoms with van der Waals surface area (Å²) in [6.07, 6.45) is 2.18. The van der Waals surface area contributed by atoms with Crippen molar-refractivity contribution >= 4 is 54.4 Å². The van der Waals surface area contributed by atoms with Gasteiger partial charge in [-0.2, -0.15) is 0 Å². The van der Waals surface area contributed by atoms with Crippen molar-refractivity contribution in [3.63, 3.8) is 0 Å². The number of nitrogens with zero attached hydrogens (tertiary/aromatic N) is 4. The van der Waals surface area contributed by atoms with Gasteiger partial charge in [0.2, 0.25) is 0 Å². The van der Waals surface area contributed by atoms with Gasteiger partial charge in [0.05, 0.1) is 27.8 Å². The molecule has 0 radical (unpaired) electrons. The van der Waals surface area contributed by atoms with Gasteiger partial charge in [-0.05, 0) is 76.5 Å². The van der Waals surface area contributed by atoms with Gasteiger partial charge in [-0.3, -0.25) is 0 Å². The van der Waals surface area contributed by atoms with Crippen molar-refractivity contribution in [2.24, 2.45) is 0 Å². The maximum atomic E-state index is 5.34. The summed E-state index contributed by atoms with van der Waals surface area (Å²) < 4.78 is 4.71. The van der Waals surface area contributed by atoms with Gasteiger partial charge >= 0.3 is 0 Å². The van der Waals surface area contributed by atoms with Gasteiger partial charge in [0.25, 0.3) is 0 Å². The summed E-state index contributed by atoms with van der Waals surface area (Å²) in [5.41, 5.74) is 12.1. The van der Waals surface area contributed by atoms with E-state index in [1.54, 1.807) is 0 Å². The Balaban J connectivity index is 1.09. The lowest BCUT2D eigenvalue weighted by Crippen LogP contribution is -1.99. The highest BCUT2D eigenvalue weighted by atomic mass is 15.0. The van der Waals surface area contributed by atoms with E-state index in [9.17, 15) is 0 Å². The molecule has 0 aliphatic rings. The van der Waals surface area contributed by atoms with Crippen molar-refractivity contribution in [1.29, 1.82) is 0 Å². The van der Waals surface area contributed by atoms with E-state index >= 15 is 0 Å². The molecule has 11 aromatic rings. The average Bonchev–Trinajstić information content (AvgIpc) is 3.83. The highest BCUT2D eigenvalue weighted by Gasteiger charge is 2.19. The Morgan fingerprint density at radius 1 is 0.370 bits per heavy atom. The Kier molecular flexibility index (Phi) is 6.82. The standard InChI is InChI=1S/C50H32N4/c1-3-13-33(14-4-1)38-29-30-42(40-18-8-7-17-39(38)40)47-44-20-9-11-21-45(44)51-50(52-47)35-23-26-37(27-24-35)54-46-22-12-10-19-41(46)43-28-25-34-31-32-53(48(34)49(43)54)36-15-5-2-6-16-36/h1-32H. The molecular weight excluding hydrogens is 657 g/mol. The number of benzene rings is 8. The first kappa shape index (κ1) is 30.3. The molecule has 0 atom stereocenters. The molecule has 4 heteroatoms. The summed E-state index contributed by atoms with van der Waals surface area (Å²) in [5.74, 6) is 0.703. The van der Waals surface area contributed by atoms with Crippen molar-refractivity contribution in [3.8, 4) is 45.1 Å². The molecule has 0 unspecified atom stereocenters. The lowest BCUT2D eigenvalue weighted by molar-refractivity contribution is 1.11. The topological polar surface area (TPSA) is 35.6 Å². The molecule has 11 rings (SSSR count). The second-order valence-electron chi connectivity index (χ2n) is 13.8. The third-order valence-corrected chi connectivity index (χ3v) is 10.8. The van der Waals surface area contributed by atoms with Crippen LogP contribution >= 0.6 is 0 Å². The molecule has 0 N–H and O–H groups in total. The summed E-state index contributed by atoms with van der Waals surface area (Å²) >= 11 is 0. The van der Waals surface area contributed by atoms with Crippen molar-refractivity contribution < 1.29 is 0 Å². The van der Waals surface area contributed by atoms with Crippen LogP contribution in [0.15, 0.2) is 194 Å². The Bertz CT molecular complexity index is 3190. The SMILES string of the molecule is c1ccc(-c2ccc(-c3nc(-c4ccc(-n5c6ccccc6c6ccc7ccn(-c8ccccc8)c7c65)cc4)nc4ccccc34)c3ccccc23)cc1. The van der Waals surface area contributed by atoms with Crippen LogP contribution in [-0.4, -0.2) is 19.1 Å². The third-order valence-electron chi connectivity index (χ3n) is 10.8. The predicted molar refractivity (Wildman–Crippen MR) is 225 cm³/mol. The highest BCUT2D eigenvalue weighted by molar-refractivity contribution is 6.18. The smallest absolute Gasteiger partial charge is 0.160 e. The van der Waals surface area contributed by atoms with Crippen LogP contribution in [0.4, 0.5) is 0 Å². The molecule has 0 spiro atoms. The van der Waals surface area contributed by atoms with Gasteiger partial charge in [0.1, 0.15) is 0 Å². The maximum absolute atomic E-state index is 5.34. The molecule has 0 aliphatic carbocycles. The molecule has 3 heterocycles. The second kappa shape index (κ2) is 12.1. The van der Waals surface area contributed by atoms with E-state index in [-0.39, 0.29) is 0 Å². The number of para-hydroxylation sites is 3. The van der Waals surface area contributed by atoms with Crippen LogP contribution in [0, 0.1) is 0 Å². The number of hydrogen-bond acceptors (Lipinski definition) is 2. The monoisotopic (exact) mass is 688 g/mol. The number of hydrogen-bond donors (Lipinski definition) is 0. The average molecular weight is 689 g/mol. The first-order valence-electron chi connectivity index (χ1n) is 18.3. The van der Waals surface area contributed by atoms with Crippen LogP contribution in [0.5, 0.6) is 0 Å². The fourth-order valence-corrected chi connectivity index (χ4v) is 8.29. The third kappa shape index (κ3) is 4.70. The minimum Gasteiger partial charge on any atom is -0.315 e. The van der Waals surface area contributed by atoms with E-state index in [0.29, 0.717) is 5.82 Å². The Morgan fingerprint density at radius 3 is 1.81 bits per heavy atom. The lowest BCUT2D eigenvalue weighted by Gasteiger charge is -2.15. The normalized spacial score (nSPS) is 11.7. The number of fused-ring (bicyclic) bond motifs is 7. The number of rotatable bonds is 5. The van der Waals surface area contributed by atoms with Crippen LogP contribution in [0.3, 0.4) is 0 Å². The zero-order chi connectivity index (χ0) is 35.6. The van der Waals surface area contributed by atoms with Crippen LogP contribution in [0.25, 0.3) is 99.5 Å². The predicted octanol–water partition coefficient (Wildman–Crippen LogP) is 12.8. The second-order valence-corrected chi connectivity index (χ2v) is 13.8. The molecule has 0 saturated carbocycles. The molecule has 4 nitrogen and oxygen atoms in total. The van der Waals surface area contributed by atoms with Crippen LogP contribution < -0.4 is 0 Å². The molecule has 3 aromatic heterocycles. The maximum Gasteiger partial charge on any atom is 0.160 e. The molecule has 54 heavy (non-hydrogen) atoms. The van der Waals surface area contributed by atoms with E-state index in [4.69, 9.17) is 9.97 Å². The summed E-state index contributed by atoms with van der Waals surface area (Å²) in [4.78, 5) is 10.5. The molecule has 0 amide bonds. The molecular formula is C50H32N4. The van der Waals surface area contributed by atoms with Gasteiger partial charge in [0, 0.05) is 50.2 Å². The summed E-state index contributed by atoms with van der Waals surface area (Å²) in [6, 6.07) is 66.8. The Labute approximate surface area is 311 Å². The lowest BCUT2D eigenvalue weighted by atomic mass is 9.93. The van der Waals surface area contributed by atoms with Crippen LogP contribution in [-0.2, 0) is 0 Å². The van der Waals surface area contributed by atoms with E-state index in [2.05, 4.69) is 203 Å². The fraction of sp³-hybridized carbons (Fsp3) is 0. The van der Waals surface area contributed by atoms with Gasteiger partial charge in [-0.15, -0.1) is 0 Å². The van der Waals surface area contributed by atoms with E-state index in [0.717, 1.165) is 39.1 Å². The van der Waals surface area contributed by atoms with Gasteiger partial charge in [0.15, 0.2) is 5.82 Å². The zero-order valence-electron chi connectivity index (χ0n) is 29.3. The Hall–Kier alpha value is -7.30. The molecule has 252 valence electrons. The van der Waals surface area contributed by atoms with Gasteiger partial charge in [-0.1, -0.05) is 133 Å². The summed E-state index contributed by atoms with van der Waals surface area (Å²) in [6.45, 7) is 0. The summed E-state index contributed by atoms with van der Waals surface area (Å²) in [7, 11) is 0. The number of aromatic nitrogens is 4. The highest BCUT2D eigenvalue weighted by Crippen LogP contribution is 2.40. The minimum absolute atomic E-state index is 0.703. The fourth-order valence-electron chi connectivity index (χ4n) is 8.29. The molecule has 0 saturated heterocycles. The first-order valence-corrected chi connectivity index (χ1v) is 18.3. The molecule has 0 fully saturated rings. The van der Waals surface area contributed by atoms with Crippen molar-refractivity contribution in [2.75, 3.05) is 0 Å². The van der Waals surface area contributed by atoms with Crippen LogP contribution in [0.2, 0.25) is 0 Å². The molecule has 0 aliphatic heterocycles. The van der Waals surface area contributed by atoms with Gasteiger partial charge < -0.3 is 9.13 Å². The van der Waals surface area contributed by atoms with Crippen molar-refractivity contribution in [3.05, 3.63) is 194 Å². The molecule has 0 bridgehead atoms. The quantitative estimate of drug-likeness (QED) is 0.180. The van der Waals surface area contributed by atoms with Crippen molar-refractivity contribution in [1.82, 2.24) is 19.1 Å². The summed E-state index contributed by atoms with van der Waals surface area (Å²) in [5, 5.41) is 7.06. The van der Waals surface area contributed by atoms with E-state index < -0.39 is 0 Å². The largest absolute Gasteiger partial charge is 0.315 e. The Morgan fingerprint density at radius 2 is 1.02 bits per heavy atom. The zero-order valence-corrected chi connectivity index (χ0v) is 29.3. The van der Waals surface area contributed by atoms with E-state index in [1.807, 2.05) is 0 Å². The molecule has 8 aromatic carbocycles. The van der Waals surface area contributed by atoms with Crippen molar-refractivity contribution in [2.45, 2.75) is 0 Å². The first-order chi connectivity index (χ1) is 26.8. The minimum atomic E-state index is 0.703. The van der Waals surface area contributed by atoms with Gasteiger partial charge in [-0.25, -0.2) is 9.97 Å².